The van der Waals surface area contributed by atoms with Crippen molar-refractivity contribution in [3.63, 3.8) is 0 Å². The molecule has 3 aromatic rings. The molecule has 0 N–H and O–H groups in total. The molecule has 0 aliphatic rings. The van der Waals surface area contributed by atoms with Gasteiger partial charge in [-0.2, -0.15) is 0 Å². The lowest BCUT2D eigenvalue weighted by molar-refractivity contribution is 2.12. The van der Waals surface area contributed by atoms with Crippen molar-refractivity contribution in [3.05, 3.63) is 19.7 Å². The van der Waals surface area contributed by atoms with Gasteiger partial charge in [0.1, 0.15) is 9.40 Å². The topological polar surface area (TPSA) is 0 Å². The van der Waals surface area contributed by atoms with Crippen LogP contribution in [0.1, 0.15) is 0 Å². The molecule has 0 fully saturated rings. The van der Waals surface area contributed by atoms with Crippen LogP contribution < -0.4 is 0 Å². The van der Waals surface area contributed by atoms with Crippen molar-refractivity contribution in [2.75, 3.05) is 0 Å². The zero-order valence-corrected chi connectivity index (χ0v) is 11.9. The summed E-state index contributed by atoms with van der Waals surface area (Å²) in [6, 6.07) is 4.45. The lowest BCUT2D eigenvalue weighted by Crippen LogP contribution is -1.39. The molecule has 0 aliphatic heterocycles. The van der Waals surface area contributed by atoms with Gasteiger partial charge in [-0.3, -0.25) is 0 Å². The van der Waals surface area contributed by atoms with Gasteiger partial charge in [-0.25, -0.2) is 0 Å². The highest BCUT2D eigenvalue weighted by atomic mass is 79.9. The standard InChI is InChI=1S/C8H2Br2S3/c9-5-1-3-7(12-5)8-4(11-3)2-6(10)13-8/h1-2H/p+1. The largest absolute Gasteiger partial charge is 0.192 e. The van der Waals surface area contributed by atoms with Crippen LogP contribution in [0, 0.1) is 0 Å². The van der Waals surface area contributed by atoms with Crippen molar-refractivity contribution < 1.29 is 0 Å². The second-order valence-corrected chi connectivity index (χ2v) is 8.69. The van der Waals surface area contributed by atoms with Crippen LogP contribution in [0.2, 0.25) is 0 Å². The van der Waals surface area contributed by atoms with Crippen LogP contribution in [0.5, 0.6) is 0 Å². The Kier molecular flexibility index (Phi) is 2.07. The van der Waals surface area contributed by atoms with Gasteiger partial charge in [-0.15, -0.1) is 22.7 Å². The van der Waals surface area contributed by atoms with Gasteiger partial charge < -0.3 is 0 Å². The Labute approximate surface area is 103 Å². The highest BCUT2D eigenvalue weighted by Gasteiger charge is 2.17. The molecule has 13 heavy (non-hydrogen) atoms. The predicted molar refractivity (Wildman–Crippen MR) is 71.9 cm³/mol. The summed E-state index contributed by atoms with van der Waals surface area (Å²) in [6.07, 6.45) is 0. The molecular weight excluding hydrogens is 352 g/mol. The lowest BCUT2D eigenvalue weighted by Gasteiger charge is -1.71. The number of hydrogen-bond acceptors (Lipinski definition) is 2. The van der Waals surface area contributed by atoms with E-state index in [0.29, 0.717) is 0 Å². The van der Waals surface area contributed by atoms with Gasteiger partial charge in [-0.05, 0) is 43.2 Å². The van der Waals surface area contributed by atoms with Gasteiger partial charge in [-0.1, -0.05) is 0 Å². The minimum Gasteiger partial charge on any atom is -0.121 e. The van der Waals surface area contributed by atoms with Crippen LogP contribution in [0.15, 0.2) is 19.7 Å². The third-order valence-electron chi connectivity index (χ3n) is 1.81. The van der Waals surface area contributed by atoms with E-state index < -0.39 is 0 Å². The summed E-state index contributed by atoms with van der Waals surface area (Å²) in [4.78, 5) is 0. The van der Waals surface area contributed by atoms with E-state index in [1.165, 1.54) is 37.7 Å². The van der Waals surface area contributed by atoms with Crippen molar-refractivity contribution in [1.82, 2.24) is 0 Å². The van der Waals surface area contributed by atoms with Crippen LogP contribution in [-0.4, -0.2) is 0 Å². The molecule has 3 aromatic heterocycles. The van der Waals surface area contributed by atoms with Crippen molar-refractivity contribution in [2.24, 2.45) is 0 Å². The molecule has 0 saturated carbocycles. The second kappa shape index (κ2) is 3.03. The molecule has 0 spiro atoms. The predicted octanol–water partition coefficient (Wildman–Crippen LogP) is 5.43. The smallest absolute Gasteiger partial charge is 0.121 e. The third kappa shape index (κ3) is 1.33. The molecule has 0 aliphatic carbocycles. The molecule has 0 saturated heterocycles. The van der Waals surface area contributed by atoms with Gasteiger partial charge in [0.25, 0.3) is 0 Å². The van der Waals surface area contributed by atoms with E-state index in [9.17, 15) is 0 Å². The first-order valence-corrected chi connectivity index (χ1v) is 7.66. The minimum atomic E-state index is 1.24. The summed E-state index contributed by atoms with van der Waals surface area (Å²) in [6.45, 7) is 0. The molecule has 3 heterocycles. The summed E-state index contributed by atoms with van der Waals surface area (Å²) in [5.74, 6) is 0. The molecule has 0 atom stereocenters. The van der Waals surface area contributed by atoms with Crippen molar-refractivity contribution in [2.45, 2.75) is 0 Å². The molecule has 5 heteroatoms. The van der Waals surface area contributed by atoms with Gasteiger partial charge in [0.15, 0.2) is 9.40 Å². The highest BCUT2D eigenvalue weighted by molar-refractivity contribution is 9.11. The summed E-state index contributed by atoms with van der Waals surface area (Å²) < 4.78 is 8.26. The van der Waals surface area contributed by atoms with E-state index in [4.69, 9.17) is 0 Å². The van der Waals surface area contributed by atoms with Crippen LogP contribution in [0.25, 0.3) is 18.8 Å². The van der Waals surface area contributed by atoms with E-state index in [2.05, 4.69) is 44.0 Å². The van der Waals surface area contributed by atoms with Gasteiger partial charge in [0, 0.05) is 12.1 Å². The van der Waals surface area contributed by atoms with Gasteiger partial charge in [0.05, 0.1) is 7.57 Å². The average Bonchev–Trinajstić information content (AvgIpc) is 2.60. The maximum atomic E-state index is 3.52. The monoisotopic (exact) mass is 353 g/mol. The summed E-state index contributed by atoms with van der Waals surface area (Å²) in [7, 11) is 0. The summed E-state index contributed by atoms with van der Waals surface area (Å²) >= 11 is 12.1. The Hall–Kier alpha value is 0.580. The molecule has 0 aromatic carbocycles. The fourth-order valence-corrected chi connectivity index (χ4v) is 6.78. The van der Waals surface area contributed by atoms with E-state index in [1.807, 2.05) is 22.7 Å². The fourth-order valence-electron chi connectivity index (χ4n) is 1.33. The fraction of sp³-hybridized carbons (Fsp3) is 0. The van der Waals surface area contributed by atoms with Crippen LogP contribution in [0.3, 0.4) is 0 Å². The molecule has 66 valence electrons. The molecule has 0 unspecified atom stereocenters. The minimum absolute atomic E-state index is 1.24. The van der Waals surface area contributed by atoms with E-state index >= 15 is 0 Å². The zero-order valence-electron chi connectivity index (χ0n) is 6.17. The molecule has 0 nitrogen and oxygen atoms in total. The van der Waals surface area contributed by atoms with Crippen LogP contribution >= 0.6 is 65.9 Å². The van der Waals surface area contributed by atoms with Crippen molar-refractivity contribution in [1.29, 1.82) is 0 Å². The molecule has 0 amide bonds. The average molecular weight is 355 g/mol. The molecule has 0 radical (unpaired) electrons. The van der Waals surface area contributed by atoms with E-state index in [1.54, 1.807) is 0 Å². The Morgan fingerprint density at radius 2 is 1.38 bits per heavy atom. The number of fused-ring (bicyclic) bond motifs is 3. The number of rotatable bonds is 0. The Balaban J connectivity index is 2.56. The SMILES string of the molecule is Brc1cc2[sH+]c3cc(Br)sc3c2s1. The maximum Gasteiger partial charge on any atom is 0.192 e. The Morgan fingerprint density at radius 1 is 0.923 bits per heavy atom. The van der Waals surface area contributed by atoms with Crippen LogP contribution in [0.4, 0.5) is 0 Å². The first-order valence-electron chi connectivity index (χ1n) is 3.55. The van der Waals surface area contributed by atoms with Crippen LogP contribution in [-0.2, 0) is 0 Å². The third-order valence-corrected chi connectivity index (χ3v) is 6.74. The molecule has 3 rings (SSSR count). The summed E-state index contributed by atoms with van der Waals surface area (Å²) in [5.41, 5.74) is 0. The number of halogens is 2. The zero-order chi connectivity index (χ0) is 9.00. The summed E-state index contributed by atoms with van der Waals surface area (Å²) in [5, 5.41) is 0. The number of hydrogen-bond donors (Lipinski definition) is 0. The van der Waals surface area contributed by atoms with Crippen molar-refractivity contribution in [3.8, 4) is 0 Å². The molecular formula is C8H3Br2S3+. The maximum absolute atomic E-state index is 3.52. The highest BCUT2D eigenvalue weighted by Crippen LogP contribution is 2.45. The van der Waals surface area contributed by atoms with Gasteiger partial charge in [0.2, 0.25) is 0 Å². The van der Waals surface area contributed by atoms with E-state index in [-0.39, 0.29) is 0 Å². The molecule has 0 bridgehead atoms. The van der Waals surface area contributed by atoms with Crippen molar-refractivity contribution >= 4 is 84.7 Å². The Morgan fingerprint density at radius 3 is 1.85 bits per heavy atom. The normalized spacial score (nSPS) is 11.8. The Bertz CT molecular complexity index is 536. The first-order chi connectivity index (χ1) is 6.24. The van der Waals surface area contributed by atoms with E-state index in [0.717, 1.165) is 0 Å². The first kappa shape index (κ1) is 8.85. The quantitative estimate of drug-likeness (QED) is 0.472. The lowest BCUT2D eigenvalue weighted by atomic mass is 10.5. The second-order valence-electron chi connectivity index (χ2n) is 2.64. The van der Waals surface area contributed by atoms with Gasteiger partial charge >= 0.3 is 0 Å². The number of thiophene rings is 3.